The molecule has 0 N–H and O–H groups in total. The lowest BCUT2D eigenvalue weighted by Gasteiger charge is -1.97. The fraction of sp³-hybridized carbons (Fsp3) is 0.0909. The molecule has 0 atom stereocenters. The van der Waals surface area contributed by atoms with Crippen molar-refractivity contribution in [3.8, 4) is 11.3 Å². The van der Waals surface area contributed by atoms with E-state index in [1.165, 1.54) is 0 Å². The Kier molecular flexibility index (Phi) is 2.42. The molecule has 0 unspecified atom stereocenters. The van der Waals surface area contributed by atoms with Crippen molar-refractivity contribution < 1.29 is 4.52 Å². The van der Waals surface area contributed by atoms with Crippen LogP contribution in [0.15, 0.2) is 33.3 Å². The molecule has 1 aromatic heterocycles. The van der Waals surface area contributed by atoms with Crippen LogP contribution in [-0.4, -0.2) is 5.16 Å². The SMILES string of the molecule is [CH2]c1c(C)noc1-c1ccc(Br)cc1. The Bertz CT molecular complexity index is 445. The molecule has 3 heteroatoms. The molecule has 1 heterocycles. The fourth-order valence-corrected chi connectivity index (χ4v) is 1.48. The lowest BCUT2D eigenvalue weighted by molar-refractivity contribution is 0.427. The Morgan fingerprint density at radius 2 is 1.93 bits per heavy atom. The maximum absolute atomic E-state index is 5.19. The van der Waals surface area contributed by atoms with Gasteiger partial charge in [-0.25, -0.2) is 0 Å². The highest BCUT2D eigenvalue weighted by Gasteiger charge is 2.09. The first kappa shape index (κ1) is 9.46. The van der Waals surface area contributed by atoms with Crippen molar-refractivity contribution in [1.82, 2.24) is 5.16 Å². The maximum Gasteiger partial charge on any atom is 0.170 e. The first-order valence-corrected chi connectivity index (χ1v) is 5.02. The summed E-state index contributed by atoms with van der Waals surface area (Å²) in [6, 6.07) is 7.87. The minimum absolute atomic E-state index is 0.745. The molecule has 0 spiro atoms. The molecular weight excluding hydrogens is 242 g/mol. The van der Waals surface area contributed by atoms with Crippen LogP contribution in [0.25, 0.3) is 11.3 Å². The predicted octanol–water partition coefficient (Wildman–Crippen LogP) is 3.59. The van der Waals surface area contributed by atoms with Gasteiger partial charge in [0, 0.05) is 15.6 Å². The highest BCUT2D eigenvalue weighted by Crippen LogP contribution is 2.26. The van der Waals surface area contributed by atoms with Gasteiger partial charge in [0.05, 0.1) is 5.69 Å². The molecule has 0 fully saturated rings. The summed E-state index contributed by atoms with van der Waals surface area (Å²) in [5.41, 5.74) is 2.69. The average molecular weight is 251 g/mol. The van der Waals surface area contributed by atoms with Gasteiger partial charge in [-0.3, -0.25) is 0 Å². The van der Waals surface area contributed by atoms with Gasteiger partial charge in [-0.2, -0.15) is 0 Å². The third-order valence-corrected chi connectivity index (χ3v) is 2.62. The van der Waals surface area contributed by atoms with Crippen LogP contribution < -0.4 is 0 Å². The van der Waals surface area contributed by atoms with Gasteiger partial charge in [0.1, 0.15) is 0 Å². The lowest BCUT2D eigenvalue weighted by Crippen LogP contribution is -1.78. The Morgan fingerprint density at radius 1 is 1.29 bits per heavy atom. The van der Waals surface area contributed by atoms with E-state index in [4.69, 9.17) is 4.52 Å². The zero-order valence-corrected chi connectivity index (χ0v) is 9.34. The summed E-state index contributed by atoms with van der Waals surface area (Å²) >= 11 is 3.38. The van der Waals surface area contributed by atoms with Crippen molar-refractivity contribution >= 4 is 15.9 Å². The predicted molar refractivity (Wildman–Crippen MR) is 58.8 cm³/mol. The number of benzene rings is 1. The van der Waals surface area contributed by atoms with Gasteiger partial charge in [0.2, 0.25) is 0 Å². The zero-order chi connectivity index (χ0) is 10.1. The molecule has 0 saturated heterocycles. The van der Waals surface area contributed by atoms with Crippen molar-refractivity contribution in [2.45, 2.75) is 6.92 Å². The van der Waals surface area contributed by atoms with Crippen LogP contribution in [0.1, 0.15) is 11.3 Å². The van der Waals surface area contributed by atoms with E-state index in [1.54, 1.807) is 0 Å². The van der Waals surface area contributed by atoms with Gasteiger partial charge in [-0.05, 0) is 26.0 Å². The number of hydrogen-bond donors (Lipinski definition) is 0. The van der Waals surface area contributed by atoms with Crippen molar-refractivity contribution in [3.05, 3.63) is 46.9 Å². The van der Waals surface area contributed by atoms with E-state index in [1.807, 2.05) is 31.2 Å². The first-order chi connectivity index (χ1) is 6.68. The highest BCUT2D eigenvalue weighted by molar-refractivity contribution is 9.10. The Morgan fingerprint density at radius 3 is 2.43 bits per heavy atom. The van der Waals surface area contributed by atoms with Crippen LogP contribution in [-0.2, 0) is 0 Å². The summed E-state index contributed by atoms with van der Waals surface area (Å²) in [7, 11) is 0. The Hall–Kier alpha value is -1.09. The van der Waals surface area contributed by atoms with Gasteiger partial charge < -0.3 is 4.52 Å². The van der Waals surface area contributed by atoms with E-state index in [-0.39, 0.29) is 0 Å². The van der Waals surface area contributed by atoms with E-state index in [9.17, 15) is 0 Å². The normalized spacial score (nSPS) is 10.5. The molecule has 1 radical (unpaired) electrons. The third kappa shape index (κ3) is 1.60. The van der Waals surface area contributed by atoms with Crippen molar-refractivity contribution in [2.24, 2.45) is 0 Å². The van der Waals surface area contributed by atoms with E-state index >= 15 is 0 Å². The zero-order valence-electron chi connectivity index (χ0n) is 7.75. The topological polar surface area (TPSA) is 26.0 Å². The van der Waals surface area contributed by atoms with Crippen LogP contribution >= 0.6 is 15.9 Å². The van der Waals surface area contributed by atoms with Crippen LogP contribution in [0, 0.1) is 13.8 Å². The van der Waals surface area contributed by atoms with E-state index < -0.39 is 0 Å². The standard InChI is InChI=1S/C11H9BrNO/c1-7-8(2)13-14-11(7)9-3-5-10(12)6-4-9/h3-6H,1H2,2H3. The van der Waals surface area contributed by atoms with E-state index in [0.717, 1.165) is 27.1 Å². The van der Waals surface area contributed by atoms with Gasteiger partial charge in [-0.15, -0.1) is 0 Å². The number of nitrogens with zero attached hydrogens (tertiary/aromatic N) is 1. The number of rotatable bonds is 1. The molecule has 0 aliphatic rings. The summed E-state index contributed by atoms with van der Waals surface area (Å²) in [6.45, 7) is 5.79. The van der Waals surface area contributed by atoms with E-state index in [0.29, 0.717) is 0 Å². The lowest BCUT2D eigenvalue weighted by atomic mass is 10.1. The molecule has 0 aliphatic carbocycles. The highest BCUT2D eigenvalue weighted by atomic mass is 79.9. The molecule has 1 aromatic carbocycles. The van der Waals surface area contributed by atoms with Crippen molar-refractivity contribution in [3.63, 3.8) is 0 Å². The van der Waals surface area contributed by atoms with Crippen LogP contribution in [0.3, 0.4) is 0 Å². The first-order valence-electron chi connectivity index (χ1n) is 4.22. The molecular formula is C11H9BrNO. The second kappa shape index (κ2) is 3.58. The second-order valence-electron chi connectivity index (χ2n) is 3.08. The number of hydrogen-bond acceptors (Lipinski definition) is 2. The largest absolute Gasteiger partial charge is 0.356 e. The molecule has 0 bridgehead atoms. The van der Waals surface area contributed by atoms with Crippen LogP contribution in [0.5, 0.6) is 0 Å². The Labute approximate surface area is 91.1 Å². The molecule has 2 aromatic rings. The van der Waals surface area contributed by atoms with Crippen LogP contribution in [0.4, 0.5) is 0 Å². The Balaban J connectivity index is 2.49. The smallest absolute Gasteiger partial charge is 0.170 e. The number of aryl methyl sites for hydroxylation is 1. The molecule has 2 rings (SSSR count). The number of halogens is 1. The van der Waals surface area contributed by atoms with Gasteiger partial charge in [0.15, 0.2) is 5.76 Å². The summed E-state index contributed by atoms with van der Waals surface area (Å²) in [6.07, 6.45) is 0. The minimum atomic E-state index is 0.745. The molecule has 0 amide bonds. The van der Waals surface area contributed by atoms with Gasteiger partial charge in [0.25, 0.3) is 0 Å². The monoisotopic (exact) mass is 250 g/mol. The fourth-order valence-electron chi connectivity index (χ4n) is 1.22. The average Bonchev–Trinajstić information content (AvgIpc) is 2.50. The van der Waals surface area contributed by atoms with Gasteiger partial charge >= 0.3 is 0 Å². The molecule has 71 valence electrons. The molecule has 2 nitrogen and oxygen atoms in total. The summed E-state index contributed by atoms with van der Waals surface area (Å²) in [5, 5.41) is 3.87. The third-order valence-electron chi connectivity index (χ3n) is 2.09. The quantitative estimate of drug-likeness (QED) is 0.773. The van der Waals surface area contributed by atoms with Crippen molar-refractivity contribution in [2.75, 3.05) is 0 Å². The maximum atomic E-state index is 5.19. The summed E-state index contributed by atoms with van der Waals surface area (Å²) < 4.78 is 6.24. The van der Waals surface area contributed by atoms with Gasteiger partial charge in [-0.1, -0.05) is 33.2 Å². The molecule has 14 heavy (non-hydrogen) atoms. The number of aromatic nitrogens is 1. The van der Waals surface area contributed by atoms with E-state index in [2.05, 4.69) is 28.0 Å². The minimum Gasteiger partial charge on any atom is -0.356 e. The van der Waals surface area contributed by atoms with Crippen LogP contribution in [0.2, 0.25) is 0 Å². The molecule has 0 saturated carbocycles. The summed E-state index contributed by atoms with van der Waals surface area (Å²) in [5.74, 6) is 0.745. The summed E-state index contributed by atoms with van der Waals surface area (Å²) in [4.78, 5) is 0. The van der Waals surface area contributed by atoms with Crippen molar-refractivity contribution in [1.29, 1.82) is 0 Å². The molecule has 0 aliphatic heterocycles. The second-order valence-corrected chi connectivity index (χ2v) is 4.00.